The maximum Gasteiger partial charge on any atom is 0.325 e. The van der Waals surface area contributed by atoms with Crippen molar-refractivity contribution in [3.05, 3.63) is 0 Å². The second-order valence-corrected chi connectivity index (χ2v) is 5.76. The minimum Gasteiger partial charge on any atom is -0.481 e. The van der Waals surface area contributed by atoms with Crippen LogP contribution in [0.2, 0.25) is 0 Å². The third-order valence-electron chi connectivity index (χ3n) is 4.71. The first-order chi connectivity index (χ1) is 9.97. The molecular weight excluding hydrogens is 276 g/mol. The lowest BCUT2D eigenvalue weighted by Gasteiger charge is -2.31. The van der Waals surface area contributed by atoms with Crippen LogP contribution in [0.5, 0.6) is 0 Å². The lowest BCUT2D eigenvalue weighted by atomic mass is 9.84. The highest BCUT2D eigenvalue weighted by Crippen LogP contribution is 2.48. The summed E-state index contributed by atoms with van der Waals surface area (Å²) < 4.78 is 4.56. The number of methoxy groups -OCH3 is 1. The SMILES string of the molecule is CCN(CC(=O)OC)C(=O)NC1C2CCC(C2)C1C(=O)O. The van der Waals surface area contributed by atoms with E-state index in [1.165, 1.54) is 12.0 Å². The molecule has 2 saturated carbocycles. The number of hydrogen-bond donors (Lipinski definition) is 2. The van der Waals surface area contributed by atoms with Crippen LogP contribution in [-0.2, 0) is 14.3 Å². The van der Waals surface area contributed by atoms with Crippen molar-refractivity contribution in [3.63, 3.8) is 0 Å². The van der Waals surface area contributed by atoms with Crippen LogP contribution in [0.3, 0.4) is 0 Å². The summed E-state index contributed by atoms with van der Waals surface area (Å²) in [6, 6.07) is -0.729. The van der Waals surface area contributed by atoms with Crippen LogP contribution in [0.1, 0.15) is 26.2 Å². The maximum atomic E-state index is 12.2. The molecule has 4 unspecified atom stereocenters. The monoisotopic (exact) mass is 298 g/mol. The van der Waals surface area contributed by atoms with Crippen LogP contribution in [0.4, 0.5) is 4.79 Å². The van der Waals surface area contributed by atoms with E-state index in [2.05, 4.69) is 10.1 Å². The summed E-state index contributed by atoms with van der Waals surface area (Å²) in [6.45, 7) is 1.99. The Hall–Kier alpha value is -1.79. The van der Waals surface area contributed by atoms with Gasteiger partial charge in [-0.15, -0.1) is 0 Å². The Kier molecular flexibility index (Phi) is 4.69. The number of carbonyl (C=O) groups is 3. The largest absolute Gasteiger partial charge is 0.481 e. The first-order valence-electron chi connectivity index (χ1n) is 7.33. The van der Waals surface area contributed by atoms with E-state index in [0.717, 1.165) is 19.3 Å². The van der Waals surface area contributed by atoms with Crippen molar-refractivity contribution in [2.75, 3.05) is 20.2 Å². The van der Waals surface area contributed by atoms with E-state index in [0.29, 0.717) is 6.54 Å². The molecule has 0 radical (unpaired) electrons. The lowest BCUT2D eigenvalue weighted by Crippen LogP contribution is -2.52. The lowest BCUT2D eigenvalue weighted by molar-refractivity contribution is -0.144. The topological polar surface area (TPSA) is 95.9 Å². The van der Waals surface area contributed by atoms with Crippen LogP contribution < -0.4 is 5.32 Å². The van der Waals surface area contributed by atoms with E-state index >= 15 is 0 Å². The molecule has 0 aromatic rings. The Bertz CT molecular complexity index is 439. The normalized spacial score (nSPS) is 30.0. The van der Waals surface area contributed by atoms with Crippen molar-refractivity contribution < 1.29 is 24.2 Å². The van der Waals surface area contributed by atoms with Crippen LogP contribution in [0, 0.1) is 17.8 Å². The van der Waals surface area contributed by atoms with Gasteiger partial charge < -0.3 is 20.1 Å². The van der Waals surface area contributed by atoms with Crippen molar-refractivity contribution in [2.24, 2.45) is 17.8 Å². The highest BCUT2D eigenvalue weighted by atomic mass is 16.5. The molecule has 0 saturated heterocycles. The smallest absolute Gasteiger partial charge is 0.325 e. The number of amides is 2. The number of carboxylic acid groups (broad SMARTS) is 1. The highest BCUT2D eigenvalue weighted by Gasteiger charge is 2.51. The molecule has 0 spiro atoms. The standard InChI is InChI=1S/C14H22N2O5/c1-3-16(7-10(17)21-2)14(20)15-12-9-5-4-8(6-9)11(12)13(18)19/h8-9,11-12H,3-7H2,1-2H3,(H,15,20)(H,18,19). The van der Waals surface area contributed by atoms with Gasteiger partial charge in [-0.2, -0.15) is 0 Å². The molecule has 2 amide bonds. The average molecular weight is 298 g/mol. The molecule has 2 aliphatic carbocycles. The highest BCUT2D eigenvalue weighted by molar-refractivity contribution is 5.82. The number of esters is 1. The molecule has 2 bridgehead atoms. The predicted molar refractivity (Wildman–Crippen MR) is 73.5 cm³/mol. The van der Waals surface area contributed by atoms with E-state index in [4.69, 9.17) is 0 Å². The Morgan fingerprint density at radius 2 is 1.95 bits per heavy atom. The number of carboxylic acids is 1. The molecule has 2 N–H and O–H groups in total. The maximum absolute atomic E-state index is 12.2. The zero-order valence-electron chi connectivity index (χ0n) is 12.4. The minimum atomic E-state index is -0.844. The fourth-order valence-electron chi connectivity index (χ4n) is 3.64. The van der Waals surface area contributed by atoms with Gasteiger partial charge in [0.05, 0.1) is 13.0 Å². The predicted octanol–water partition coefficient (Wildman–Crippen LogP) is 0.690. The Morgan fingerprint density at radius 1 is 1.29 bits per heavy atom. The summed E-state index contributed by atoms with van der Waals surface area (Å²) >= 11 is 0. The number of carbonyl (C=O) groups excluding carboxylic acids is 2. The molecule has 2 rings (SSSR count). The number of urea groups is 1. The average Bonchev–Trinajstić information content (AvgIpc) is 3.04. The zero-order chi connectivity index (χ0) is 15.6. The van der Waals surface area contributed by atoms with E-state index in [9.17, 15) is 19.5 Å². The molecule has 7 nitrogen and oxygen atoms in total. The fraction of sp³-hybridized carbons (Fsp3) is 0.786. The summed E-state index contributed by atoms with van der Waals surface area (Å²) in [5.41, 5.74) is 0. The second-order valence-electron chi connectivity index (χ2n) is 5.76. The number of rotatable bonds is 5. The number of nitrogens with zero attached hydrogens (tertiary/aromatic N) is 1. The van der Waals surface area contributed by atoms with Gasteiger partial charge in [0.1, 0.15) is 6.54 Å². The van der Waals surface area contributed by atoms with E-state index in [1.807, 2.05) is 0 Å². The number of ether oxygens (including phenoxy) is 1. The molecule has 0 heterocycles. The Balaban J connectivity index is 2.00. The van der Waals surface area contributed by atoms with Gasteiger partial charge in [0.25, 0.3) is 0 Å². The molecule has 0 aliphatic heterocycles. The van der Waals surface area contributed by atoms with Gasteiger partial charge in [-0.25, -0.2) is 4.79 Å². The van der Waals surface area contributed by atoms with Crippen molar-refractivity contribution in [3.8, 4) is 0 Å². The Labute approximate surface area is 123 Å². The first kappa shape index (κ1) is 15.6. The van der Waals surface area contributed by atoms with Crippen LogP contribution in [-0.4, -0.2) is 54.2 Å². The molecule has 2 aliphatic rings. The third kappa shape index (κ3) is 3.11. The molecule has 118 valence electrons. The van der Waals surface area contributed by atoms with Gasteiger partial charge in [-0.1, -0.05) is 0 Å². The zero-order valence-corrected chi connectivity index (χ0v) is 12.4. The van der Waals surface area contributed by atoms with Gasteiger partial charge in [-0.05, 0) is 38.0 Å². The number of nitrogens with one attached hydrogen (secondary N) is 1. The Morgan fingerprint density at radius 3 is 2.52 bits per heavy atom. The quantitative estimate of drug-likeness (QED) is 0.728. The third-order valence-corrected chi connectivity index (χ3v) is 4.71. The van der Waals surface area contributed by atoms with Crippen LogP contribution in [0.25, 0.3) is 0 Å². The molecule has 0 aromatic carbocycles. The van der Waals surface area contributed by atoms with E-state index < -0.39 is 23.9 Å². The van der Waals surface area contributed by atoms with E-state index in [-0.39, 0.29) is 24.4 Å². The summed E-state index contributed by atoms with van der Waals surface area (Å²) in [6.07, 6.45) is 2.75. The molecule has 0 aromatic heterocycles. The van der Waals surface area contributed by atoms with Crippen LogP contribution in [0.15, 0.2) is 0 Å². The number of hydrogen-bond acceptors (Lipinski definition) is 4. The van der Waals surface area contributed by atoms with Gasteiger partial charge in [-0.3, -0.25) is 9.59 Å². The number of likely N-dealkylation sites (N-methyl/N-ethyl adjacent to an activating group) is 1. The van der Waals surface area contributed by atoms with Gasteiger partial charge in [0.2, 0.25) is 0 Å². The summed E-state index contributed by atoms with van der Waals surface area (Å²) in [5.74, 6) is -1.45. The summed E-state index contributed by atoms with van der Waals surface area (Å²) in [4.78, 5) is 36.3. The van der Waals surface area contributed by atoms with Gasteiger partial charge in [0, 0.05) is 12.6 Å². The van der Waals surface area contributed by atoms with Crippen molar-refractivity contribution in [1.29, 1.82) is 0 Å². The number of fused-ring (bicyclic) bond motifs is 2. The number of aliphatic carboxylic acids is 1. The molecule has 21 heavy (non-hydrogen) atoms. The minimum absolute atomic E-state index is 0.128. The van der Waals surface area contributed by atoms with Crippen molar-refractivity contribution >= 4 is 18.0 Å². The molecule has 2 fully saturated rings. The summed E-state index contributed by atoms with van der Waals surface area (Å²) in [5, 5.41) is 12.2. The molecule has 4 atom stereocenters. The fourth-order valence-corrected chi connectivity index (χ4v) is 3.64. The van der Waals surface area contributed by atoms with Gasteiger partial charge >= 0.3 is 18.0 Å². The van der Waals surface area contributed by atoms with Gasteiger partial charge in [0.15, 0.2) is 0 Å². The summed E-state index contributed by atoms with van der Waals surface area (Å²) in [7, 11) is 1.27. The molecular formula is C14H22N2O5. The van der Waals surface area contributed by atoms with Crippen molar-refractivity contribution in [1.82, 2.24) is 10.2 Å². The van der Waals surface area contributed by atoms with Crippen LogP contribution >= 0.6 is 0 Å². The first-order valence-corrected chi connectivity index (χ1v) is 7.33. The second kappa shape index (κ2) is 6.32. The van der Waals surface area contributed by atoms with E-state index in [1.54, 1.807) is 6.92 Å². The molecule has 7 heteroatoms. The van der Waals surface area contributed by atoms with Crippen molar-refractivity contribution in [2.45, 2.75) is 32.2 Å².